The SMILES string of the molecule is CC(C)OCCNC(C)(C)C(N)=O. The maximum atomic E-state index is 10.9. The van der Waals surface area contributed by atoms with E-state index in [1.807, 2.05) is 13.8 Å². The molecule has 3 N–H and O–H groups in total. The highest BCUT2D eigenvalue weighted by Crippen LogP contribution is 1.99. The number of nitrogens with one attached hydrogen (secondary N) is 1. The molecule has 0 unspecified atom stereocenters. The largest absolute Gasteiger partial charge is 0.377 e. The maximum Gasteiger partial charge on any atom is 0.237 e. The standard InChI is InChI=1S/C9H20N2O2/c1-7(2)13-6-5-11-9(3,4)8(10)12/h7,11H,5-6H2,1-4H3,(H2,10,12). The van der Waals surface area contributed by atoms with Gasteiger partial charge in [0.2, 0.25) is 5.91 Å². The Hall–Kier alpha value is -0.610. The summed E-state index contributed by atoms with van der Waals surface area (Å²) in [7, 11) is 0. The van der Waals surface area contributed by atoms with Gasteiger partial charge in [0.1, 0.15) is 0 Å². The minimum absolute atomic E-state index is 0.221. The maximum absolute atomic E-state index is 10.9. The summed E-state index contributed by atoms with van der Waals surface area (Å²) in [5, 5.41) is 3.01. The summed E-state index contributed by atoms with van der Waals surface area (Å²) in [6.45, 7) is 8.68. The Labute approximate surface area is 79.8 Å². The van der Waals surface area contributed by atoms with Crippen LogP contribution in [0.15, 0.2) is 0 Å². The van der Waals surface area contributed by atoms with Gasteiger partial charge in [-0.1, -0.05) is 0 Å². The monoisotopic (exact) mass is 188 g/mol. The van der Waals surface area contributed by atoms with E-state index in [4.69, 9.17) is 10.5 Å². The molecule has 4 heteroatoms. The fraction of sp³-hybridized carbons (Fsp3) is 0.889. The van der Waals surface area contributed by atoms with Crippen LogP contribution in [0.1, 0.15) is 27.7 Å². The summed E-state index contributed by atoms with van der Waals surface area (Å²) in [6.07, 6.45) is 0.221. The molecule has 78 valence electrons. The average Bonchev–Trinajstić information content (AvgIpc) is 1.97. The van der Waals surface area contributed by atoms with E-state index >= 15 is 0 Å². The highest BCUT2D eigenvalue weighted by atomic mass is 16.5. The summed E-state index contributed by atoms with van der Waals surface area (Å²) in [5.41, 5.74) is 4.52. The van der Waals surface area contributed by atoms with Crippen LogP contribution in [0.4, 0.5) is 0 Å². The van der Waals surface area contributed by atoms with E-state index in [2.05, 4.69) is 5.32 Å². The molecule has 0 atom stereocenters. The summed E-state index contributed by atoms with van der Waals surface area (Å²) >= 11 is 0. The van der Waals surface area contributed by atoms with Gasteiger partial charge in [-0.05, 0) is 27.7 Å². The molecule has 0 fully saturated rings. The summed E-state index contributed by atoms with van der Waals surface area (Å²) in [6, 6.07) is 0. The van der Waals surface area contributed by atoms with Crippen molar-refractivity contribution in [2.45, 2.75) is 39.3 Å². The van der Waals surface area contributed by atoms with Crippen LogP contribution in [0, 0.1) is 0 Å². The Morgan fingerprint density at radius 1 is 1.54 bits per heavy atom. The van der Waals surface area contributed by atoms with Crippen molar-refractivity contribution in [3.63, 3.8) is 0 Å². The molecular formula is C9H20N2O2. The molecule has 0 aliphatic heterocycles. The summed E-state index contributed by atoms with van der Waals surface area (Å²) in [4.78, 5) is 10.9. The lowest BCUT2D eigenvalue weighted by Crippen LogP contribution is -2.51. The molecule has 0 bridgehead atoms. The lowest BCUT2D eigenvalue weighted by atomic mass is 10.1. The van der Waals surface area contributed by atoms with Gasteiger partial charge in [0, 0.05) is 6.54 Å². The first-order chi connectivity index (χ1) is 5.86. The summed E-state index contributed by atoms with van der Waals surface area (Å²) in [5.74, 6) is -0.350. The molecule has 0 radical (unpaired) electrons. The predicted octanol–water partition coefficient (Wildman–Crippen LogP) is 0.265. The summed E-state index contributed by atoms with van der Waals surface area (Å²) < 4.78 is 5.30. The number of rotatable bonds is 6. The molecule has 1 amide bonds. The van der Waals surface area contributed by atoms with Gasteiger partial charge in [-0.25, -0.2) is 0 Å². The second kappa shape index (κ2) is 5.19. The lowest BCUT2D eigenvalue weighted by molar-refractivity contribution is -0.123. The van der Waals surface area contributed by atoms with Crippen molar-refractivity contribution in [2.24, 2.45) is 5.73 Å². The van der Waals surface area contributed by atoms with Gasteiger partial charge in [0.15, 0.2) is 0 Å². The molecule has 4 nitrogen and oxygen atoms in total. The Kier molecular flexibility index (Phi) is 4.95. The number of ether oxygens (including phenoxy) is 1. The molecule has 0 aromatic carbocycles. The number of amides is 1. The average molecular weight is 188 g/mol. The zero-order valence-corrected chi connectivity index (χ0v) is 8.89. The van der Waals surface area contributed by atoms with Crippen LogP contribution in [0.2, 0.25) is 0 Å². The van der Waals surface area contributed by atoms with Gasteiger partial charge < -0.3 is 15.8 Å². The van der Waals surface area contributed by atoms with Gasteiger partial charge in [-0.15, -0.1) is 0 Å². The highest BCUT2D eigenvalue weighted by molar-refractivity contribution is 5.83. The lowest BCUT2D eigenvalue weighted by Gasteiger charge is -2.22. The fourth-order valence-electron chi connectivity index (χ4n) is 0.745. The Morgan fingerprint density at radius 2 is 2.08 bits per heavy atom. The van der Waals surface area contributed by atoms with Gasteiger partial charge >= 0.3 is 0 Å². The van der Waals surface area contributed by atoms with E-state index in [1.165, 1.54) is 0 Å². The predicted molar refractivity (Wildman–Crippen MR) is 52.4 cm³/mol. The van der Waals surface area contributed by atoms with E-state index in [0.29, 0.717) is 13.2 Å². The first-order valence-electron chi connectivity index (χ1n) is 4.53. The number of carbonyl (C=O) groups excluding carboxylic acids is 1. The van der Waals surface area contributed by atoms with Crippen LogP contribution in [-0.4, -0.2) is 30.7 Å². The molecule has 0 saturated carbocycles. The number of primary amides is 1. The molecule has 0 aliphatic carbocycles. The molecule has 0 saturated heterocycles. The minimum Gasteiger partial charge on any atom is -0.377 e. The Bertz CT molecular complexity index is 167. The van der Waals surface area contributed by atoms with Crippen LogP contribution in [0.3, 0.4) is 0 Å². The van der Waals surface area contributed by atoms with Gasteiger partial charge in [0.05, 0.1) is 18.2 Å². The number of carbonyl (C=O) groups is 1. The first-order valence-corrected chi connectivity index (χ1v) is 4.53. The third-order valence-corrected chi connectivity index (χ3v) is 1.74. The number of hydrogen-bond acceptors (Lipinski definition) is 3. The van der Waals surface area contributed by atoms with Crippen molar-refractivity contribution < 1.29 is 9.53 Å². The van der Waals surface area contributed by atoms with Crippen LogP contribution < -0.4 is 11.1 Å². The molecular weight excluding hydrogens is 168 g/mol. The first kappa shape index (κ1) is 12.4. The van der Waals surface area contributed by atoms with Gasteiger partial charge in [-0.2, -0.15) is 0 Å². The van der Waals surface area contributed by atoms with E-state index in [9.17, 15) is 4.79 Å². The van der Waals surface area contributed by atoms with Crippen molar-refractivity contribution in [3.8, 4) is 0 Å². The van der Waals surface area contributed by atoms with Crippen molar-refractivity contribution in [3.05, 3.63) is 0 Å². The Balaban J connectivity index is 3.58. The molecule has 0 spiro atoms. The normalized spacial score (nSPS) is 12.1. The van der Waals surface area contributed by atoms with Crippen LogP contribution in [0.25, 0.3) is 0 Å². The van der Waals surface area contributed by atoms with Crippen molar-refractivity contribution in [1.82, 2.24) is 5.32 Å². The molecule has 13 heavy (non-hydrogen) atoms. The number of nitrogens with two attached hydrogens (primary N) is 1. The topological polar surface area (TPSA) is 64.3 Å². The van der Waals surface area contributed by atoms with Crippen LogP contribution in [-0.2, 0) is 9.53 Å². The third-order valence-electron chi connectivity index (χ3n) is 1.74. The quantitative estimate of drug-likeness (QED) is 0.588. The van der Waals surface area contributed by atoms with E-state index in [1.54, 1.807) is 13.8 Å². The number of hydrogen-bond donors (Lipinski definition) is 2. The fourth-order valence-corrected chi connectivity index (χ4v) is 0.745. The van der Waals surface area contributed by atoms with E-state index in [-0.39, 0.29) is 12.0 Å². The zero-order valence-electron chi connectivity index (χ0n) is 8.89. The molecule has 0 aliphatic rings. The smallest absolute Gasteiger partial charge is 0.237 e. The molecule has 0 rings (SSSR count). The van der Waals surface area contributed by atoms with Crippen molar-refractivity contribution in [2.75, 3.05) is 13.2 Å². The van der Waals surface area contributed by atoms with E-state index < -0.39 is 5.54 Å². The Morgan fingerprint density at radius 3 is 2.46 bits per heavy atom. The van der Waals surface area contributed by atoms with Gasteiger partial charge in [0.25, 0.3) is 0 Å². The second-order valence-corrected chi connectivity index (χ2v) is 3.84. The highest BCUT2D eigenvalue weighted by Gasteiger charge is 2.23. The van der Waals surface area contributed by atoms with Crippen LogP contribution >= 0.6 is 0 Å². The minimum atomic E-state index is -0.652. The van der Waals surface area contributed by atoms with Crippen molar-refractivity contribution >= 4 is 5.91 Å². The third kappa shape index (κ3) is 5.60. The second-order valence-electron chi connectivity index (χ2n) is 3.84. The molecule has 0 aromatic rings. The van der Waals surface area contributed by atoms with E-state index in [0.717, 1.165) is 0 Å². The molecule has 0 heterocycles. The van der Waals surface area contributed by atoms with Crippen molar-refractivity contribution in [1.29, 1.82) is 0 Å². The molecule has 0 aromatic heterocycles. The van der Waals surface area contributed by atoms with Crippen LogP contribution in [0.5, 0.6) is 0 Å². The van der Waals surface area contributed by atoms with Gasteiger partial charge in [-0.3, -0.25) is 4.79 Å². The zero-order chi connectivity index (χ0) is 10.5.